The van der Waals surface area contributed by atoms with E-state index < -0.39 is 6.09 Å². The Bertz CT molecular complexity index is 517. The molecule has 1 aromatic carbocycles. The third-order valence-electron chi connectivity index (χ3n) is 3.34. The van der Waals surface area contributed by atoms with Gasteiger partial charge in [0.25, 0.3) is 0 Å². The average molecular weight is 273 g/mol. The van der Waals surface area contributed by atoms with Crippen molar-refractivity contribution in [2.75, 3.05) is 13.1 Å². The molecular formula is C16H19NO3. The van der Waals surface area contributed by atoms with Crippen molar-refractivity contribution < 1.29 is 14.3 Å². The minimum absolute atomic E-state index is 0.326. The molecule has 106 valence electrons. The highest BCUT2D eigenvalue weighted by molar-refractivity contribution is 5.78. The largest absolute Gasteiger partial charge is 0.415 e. The Morgan fingerprint density at radius 2 is 2.00 bits per heavy atom. The topological polar surface area (TPSA) is 46.6 Å². The summed E-state index contributed by atoms with van der Waals surface area (Å²) in [6.07, 6.45) is 2.93. The number of carbonyl (C=O) groups is 2. The number of ether oxygens (including phenoxy) is 1. The van der Waals surface area contributed by atoms with Gasteiger partial charge in [0.2, 0.25) is 0 Å². The number of benzene rings is 1. The number of carbonyl (C=O) groups excluding carboxylic acids is 2. The average Bonchev–Trinajstić information content (AvgIpc) is 2.47. The van der Waals surface area contributed by atoms with E-state index in [0.717, 1.165) is 6.29 Å². The molecule has 0 atom stereocenters. The summed E-state index contributed by atoms with van der Waals surface area (Å²) in [5.41, 5.74) is 1.83. The Kier molecular flexibility index (Phi) is 4.56. The van der Waals surface area contributed by atoms with E-state index in [2.05, 4.69) is 13.8 Å². The van der Waals surface area contributed by atoms with Gasteiger partial charge in [-0.15, -0.1) is 0 Å². The number of aldehydes is 1. The van der Waals surface area contributed by atoms with E-state index in [1.807, 2.05) is 18.2 Å². The van der Waals surface area contributed by atoms with Crippen molar-refractivity contribution in [3.8, 4) is 5.75 Å². The molecule has 0 saturated heterocycles. The van der Waals surface area contributed by atoms with E-state index in [9.17, 15) is 9.59 Å². The van der Waals surface area contributed by atoms with Gasteiger partial charge < -0.3 is 9.64 Å². The van der Waals surface area contributed by atoms with Crippen molar-refractivity contribution >= 4 is 12.4 Å². The van der Waals surface area contributed by atoms with Crippen molar-refractivity contribution in [3.63, 3.8) is 0 Å². The van der Waals surface area contributed by atoms with Crippen LogP contribution >= 0.6 is 0 Å². The molecule has 2 rings (SSSR count). The molecule has 0 radical (unpaired) electrons. The minimum atomic E-state index is -0.408. The van der Waals surface area contributed by atoms with E-state index in [1.54, 1.807) is 17.0 Å². The van der Waals surface area contributed by atoms with Crippen LogP contribution in [0.15, 0.2) is 35.9 Å². The highest BCUT2D eigenvalue weighted by atomic mass is 16.6. The van der Waals surface area contributed by atoms with Crippen LogP contribution in [0.5, 0.6) is 5.75 Å². The Hall–Kier alpha value is -2.10. The summed E-state index contributed by atoms with van der Waals surface area (Å²) in [6, 6.07) is 7.52. The molecular weight excluding hydrogens is 254 g/mol. The minimum Gasteiger partial charge on any atom is -0.410 e. The van der Waals surface area contributed by atoms with Gasteiger partial charge in [0.05, 0.1) is 6.54 Å². The first kappa shape index (κ1) is 14.3. The summed E-state index contributed by atoms with van der Waals surface area (Å²) in [5.74, 6) is 0.976. The van der Waals surface area contributed by atoms with Gasteiger partial charge in [-0.2, -0.15) is 0 Å². The van der Waals surface area contributed by atoms with Crippen molar-refractivity contribution in [1.29, 1.82) is 0 Å². The molecule has 0 aromatic heterocycles. The zero-order valence-corrected chi connectivity index (χ0v) is 11.8. The SMILES string of the molecule is CC(C)c1ccc(OC(=O)N2CCC=C(C=O)C2)cc1. The zero-order valence-electron chi connectivity index (χ0n) is 11.8. The van der Waals surface area contributed by atoms with E-state index in [1.165, 1.54) is 5.56 Å². The summed E-state index contributed by atoms with van der Waals surface area (Å²) in [5, 5.41) is 0. The number of hydrogen-bond acceptors (Lipinski definition) is 3. The second kappa shape index (κ2) is 6.37. The van der Waals surface area contributed by atoms with E-state index in [-0.39, 0.29) is 0 Å². The maximum atomic E-state index is 12.0. The van der Waals surface area contributed by atoms with E-state index in [0.29, 0.717) is 36.8 Å². The lowest BCUT2D eigenvalue weighted by Gasteiger charge is -2.24. The monoisotopic (exact) mass is 273 g/mol. The molecule has 0 fully saturated rings. The van der Waals surface area contributed by atoms with Crippen molar-refractivity contribution in [3.05, 3.63) is 41.5 Å². The predicted molar refractivity (Wildman–Crippen MR) is 76.9 cm³/mol. The van der Waals surface area contributed by atoms with Gasteiger partial charge in [-0.3, -0.25) is 4.79 Å². The second-order valence-corrected chi connectivity index (χ2v) is 5.20. The molecule has 1 aromatic rings. The molecule has 1 amide bonds. The van der Waals surface area contributed by atoms with Gasteiger partial charge in [-0.05, 0) is 30.0 Å². The summed E-state index contributed by atoms with van der Waals surface area (Å²) < 4.78 is 5.33. The van der Waals surface area contributed by atoms with Crippen molar-refractivity contribution in [2.24, 2.45) is 0 Å². The Labute approximate surface area is 119 Å². The third-order valence-corrected chi connectivity index (χ3v) is 3.34. The van der Waals surface area contributed by atoms with E-state index in [4.69, 9.17) is 4.74 Å². The highest BCUT2D eigenvalue weighted by Gasteiger charge is 2.19. The van der Waals surface area contributed by atoms with Gasteiger partial charge in [0, 0.05) is 12.1 Å². The fourth-order valence-electron chi connectivity index (χ4n) is 2.10. The van der Waals surface area contributed by atoms with E-state index >= 15 is 0 Å². The molecule has 20 heavy (non-hydrogen) atoms. The van der Waals surface area contributed by atoms with Gasteiger partial charge in [0.15, 0.2) is 0 Å². The first-order chi connectivity index (χ1) is 9.60. The maximum Gasteiger partial charge on any atom is 0.415 e. The molecule has 0 spiro atoms. The Morgan fingerprint density at radius 1 is 1.30 bits per heavy atom. The van der Waals surface area contributed by atoms with Crippen LogP contribution in [0.2, 0.25) is 0 Å². The third kappa shape index (κ3) is 3.47. The normalized spacial score (nSPS) is 14.9. The van der Waals surface area contributed by atoms with Crippen LogP contribution in [0.4, 0.5) is 4.79 Å². The smallest absolute Gasteiger partial charge is 0.410 e. The lowest BCUT2D eigenvalue weighted by molar-refractivity contribution is -0.105. The fourth-order valence-corrected chi connectivity index (χ4v) is 2.10. The first-order valence-corrected chi connectivity index (χ1v) is 6.81. The zero-order chi connectivity index (χ0) is 14.5. The summed E-state index contributed by atoms with van der Waals surface area (Å²) in [4.78, 5) is 24.3. The molecule has 4 heteroatoms. The summed E-state index contributed by atoms with van der Waals surface area (Å²) >= 11 is 0. The standard InChI is InChI=1S/C16H19NO3/c1-12(2)14-5-7-15(8-6-14)20-16(19)17-9-3-4-13(10-17)11-18/h4-8,11-12H,3,9-10H2,1-2H3. The second-order valence-electron chi connectivity index (χ2n) is 5.20. The van der Waals surface area contributed by atoms with Crippen molar-refractivity contribution in [2.45, 2.75) is 26.2 Å². The van der Waals surface area contributed by atoms with Gasteiger partial charge in [-0.1, -0.05) is 32.1 Å². The lowest BCUT2D eigenvalue weighted by atomic mass is 10.0. The van der Waals surface area contributed by atoms with Crippen LogP contribution in [0.1, 0.15) is 31.7 Å². The van der Waals surface area contributed by atoms with Gasteiger partial charge in [0.1, 0.15) is 12.0 Å². The summed E-state index contributed by atoms with van der Waals surface area (Å²) in [6.45, 7) is 5.14. The molecule has 0 aliphatic carbocycles. The van der Waals surface area contributed by atoms with Gasteiger partial charge >= 0.3 is 6.09 Å². The maximum absolute atomic E-state index is 12.0. The van der Waals surface area contributed by atoms with Crippen LogP contribution in [0.3, 0.4) is 0 Å². The van der Waals surface area contributed by atoms with Gasteiger partial charge in [-0.25, -0.2) is 4.79 Å². The van der Waals surface area contributed by atoms with Crippen LogP contribution in [0.25, 0.3) is 0 Å². The van der Waals surface area contributed by atoms with Crippen LogP contribution in [0, 0.1) is 0 Å². The molecule has 0 unspecified atom stereocenters. The number of nitrogens with zero attached hydrogens (tertiary/aromatic N) is 1. The number of amides is 1. The number of hydrogen-bond donors (Lipinski definition) is 0. The molecule has 1 heterocycles. The lowest BCUT2D eigenvalue weighted by Crippen LogP contribution is -2.38. The molecule has 1 aliphatic rings. The van der Waals surface area contributed by atoms with Crippen LogP contribution in [-0.2, 0) is 4.79 Å². The van der Waals surface area contributed by atoms with Crippen molar-refractivity contribution in [1.82, 2.24) is 4.90 Å². The first-order valence-electron chi connectivity index (χ1n) is 6.81. The Morgan fingerprint density at radius 3 is 2.60 bits per heavy atom. The van der Waals surface area contributed by atoms with Crippen LogP contribution in [-0.4, -0.2) is 30.4 Å². The predicted octanol–water partition coefficient (Wildman–Crippen LogP) is 3.14. The highest BCUT2D eigenvalue weighted by Crippen LogP contribution is 2.19. The molecule has 0 bridgehead atoms. The molecule has 4 nitrogen and oxygen atoms in total. The summed E-state index contributed by atoms with van der Waals surface area (Å²) in [7, 11) is 0. The quantitative estimate of drug-likeness (QED) is 0.795. The van der Waals surface area contributed by atoms with Crippen LogP contribution < -0.4 is 4.74 Å². The molecule has 1 aliphatic heterocycles. The fraction of sp³-hybridized carbons (Fsp3) is 0.375. The molecule has 0 saturated carbocycles. The Balaban J connectivity index is 1.97. The number of rotatable bonds is 3. The molecule has 0 N–H and O–H groups in total.